The van der Waals surface area contributed by atoms with Crippen molar-refractivity contribution in [1.82, 2.24) is 4.98 Å². The molecule has 0 unspecified atom stereocenters. The van der Waals surface area contributed by atoms with E-state index in [9.17, 15) is 0 Å². The smallest absolute Gasteiger partial charge is 0.134 e. The average molecular weight is 299 g/mol. The number of hydrogen-bond donors (Lipinski definition) is 1. The lowest BCUT2D eigenvalue weighted by atomic mass is 10.5. The van der Waals surface area contributed by atoms with Gasteiger partial charge in [0.2, 0.25) is 0 Å². The number of rotatable bonds is 1. The van der Waals surface area contributed by atoms with Crippen molar-refractivity contribution < 1.29 is 0 Å². The largest absolute Gasteiger partial charge is 0.313 e. The molecule has 1 N–H and O–H groups in total. The van der Waals surface area contributed by atoms with E-state index in [0.717, 1.165) is 10.3 Å². The van der Waals surface area contributed by atoms with E-state index in [4.69, 9.17) is 0 Å². The van der Waals surface area contributed by atoms with Crippen LogP contribution in [0.5, 0.6) is 0 Å². The van der Waals surface area contributed by atoms with Crippen LogP contribution in [0.3, 0.4) is 0 Å². The maximum Gasteiger partial charge on any atom is 0.134 e. The van der Waals surface area contributed by atoms with Crippen LogP contribution in [0.15, 0.2) is 22.8 Å². The molecule has 0 aliphatic carbocycles. The fraction of sp³-hybridized carbons (Fsp3) is 0. The van der Waals surface area contributed by atoms with E-state index < -0.39 is 0 Å². The first-order valence-corrected chi connectivity index (χ1v) is 4.18. The third-order valence-corrected chi connectivity index (χ3v) is 1.85. The zero-order valence-electron chi connectivity index (χ0n) is 4.44. The van der Waals surface area contributed by atoms with Gasteiger partial charge in [-0.2, -0.15) is 0 Å². The second-order valence-electron chi connectivity index (χ2n) is 1.46. The molecule has 4 heteroatoms. The number of nitrogens with one attached hydrogen (secondary N) is 1. The second-order valence-corrected chi connectivity index (χ2v) is 2.91. The Balaban J connectivity index is 2.88. The maximum absolute atomic E-state index is 4.03. The molecule has 1 aromatic rings. The van der Waals surface area contributed by atoms with E-state index in [1.165, 1.54) is 0 Å². The maximum atomic E-state index is 4.03. The Labute approximate surface area is 75.7 Å². The quantitative estimate of drug-likeness (QED) is 0.637. The molecule has 0 aliphatic rings. The molecule has 0 aromatic carbocycles. The van der Waals surface area contributed by atoms with Crippen molar-refractivity contribution in [3.8, 4) is 0 Å². The number of aromatic nitrogens is 1. The molecule has 48 valence electrons. The highest BCUT2D eigenvalue weighted by Crippen LogP contribution is 2.10. The fourth-order valence-electron chi connectivity index (χ4n) is 0.432. The standard InChI is InChI=1S/C5H4BrIN2/c6-4-1-2-5(9-7)8-3-4/h1-3H,(H,8,9). The first-order chi connectivity index (χ1) is 4.33. The van der Waals surface area contributed by atoms with E-state index in [2.05, 4.69) is 24.4 Å². The van der Waals surface area contributed by atoms with Crippen LogP contribution in [0.4, 0.5) is 5.82 Å². The minimum absolute atomic E-state index is 0.874. The van der Waals surface area contributed by atoms with Crippen molar-refractivity contribution in [3.63, 3.8) is 0 Å². The Bertz CT molecular complexity index is 187. The lowest BCUT2D eigenvalue weighted by Gasteiger charge is -1.93. The van der Waals surface area contributed by atoms with Crippen LogP contribution in [0.25, 0.3) is 0 Å². The molecule has 1 rings (SSSR count). The second kappa shape index (κ2) is 3.36. The molecule has 0 aliphatic heterocycles. The van der Waals surface area contributed by atoms with Gasteiger partial charge in [0.25, 0.3) is 0 Å². The molecule has 1 aromatic heterocycles. The Kier molecular flexibility index (Phi) is 2.71. The lowest BCUT2D eigenvalue weighted by molar-refractivity contribution is 1.32. The molecule has 0 fully saturated rings. The first-order valence-electron chi connectivity index (χ1n) is 2.31. The van der Waals surface area contributed by atoms with Crippen molar-refractivity contribution in [1.29, 1.82) is 0 Å². The first kappa shape index (κ1) is 7.27. The zero-order chi connectivity index (χ0) is 6.69. The summed E-state index contributed by atoms with van der Waals surface area (Å²) in [6.45, 7) is 0. The van der Waals surface area contributed by atoms with Crippen LogP contribution in [-0.4, -0.2) is 4.98 Å². The van der Waals surface area contributed by atoms with E-state index in [-0.39, 0.29) is 0 Å². The van der Waals surface area contributed by atoms with Gasteiger partial charge in [-0.15, -0.1) is 0 Å². The molecule has 0 bridgehead atoms. The SMILES string of the molecule is Brc1ccc(NI)nc1. The normalized spacial score (nSPS) is 9.11. The molecule has 0 atom stereocenters. The number of hydrogen-bond acceptors (Lipinski definition) is 2. The van der Waals surface area contributed by atoms with Crippen LogP contribution in [0.1, 0.15) is 0 Å². The minimum atomic E-state index is 0.874. The molecule has 0 saturated heterocycles. The van der Waals surface area contributed by atoms with Crippen LogP contribution in [0.2, 0.25) is 0 Å². The molecule has 0 spiro atoms. The predicted molar refractivity (Wildman–Crippen MR) is 49.6 cm³/mol. The van der Waals surface area contributed by atoms with Gasteiger partial charge in [0.1, 0.15) is 5.82 Å². The van der Waals surface area contributed by atoms with Crippen molar-refractivity contribution in [2.75, 3.05) is 3.53 Å². The third-order valence-electron chi connectivity index (χ3n) is 0.824. The molecule has 2 nitrogen and oxygen atoms in total. The molecule has 0 amide bonds. The summed E-state index contributed by atoms with van der Waals surface area (Å²) in [6, 6.07) is 3.84. The summed E-state index contributed by atoms with van der Waals surface area (Å²) in [4.78, 5) is 4.03. The van der Waals surface area contributed by atoms with Crippen molar-refractivity contribution in [3.05, 3.63) is 22.8 Å². The van der Waals surface area contributed by atoms with Gasteiger partial charge in [-0.3, -0.25) is 0 Å². The number of nitrogens with zero attached hydrogens (tertiary/aromatic N) is 1. The third kappa shape index (κ3) is 2.09. The highest BCUT2D eigenvalue weighted by Gasteiger charge is 1.87. The van der Waals surface area contributed by atoms with Gasteiger partial charge in [-0.25, -0.2) is 4.98 Å². The van der Waals surface area contributed by atoms with Crippen LogP contribution in [-0.2, 0) is 0 Å². The van der Waals surface area contributed by atoms with Crippen molar-refractivity contribution in [2.24, 2.45) is 0 Å². The molecule has 1 heterocycles. The summed E-state index contributed by atoms with van der Waals surface area (Å²) in [5, 5.41) is 0. The Morgan fingerprint density at radius 3 is 2.78 bits per heavy atom. The van der Waals surface area contributed by atoms with Gasteiger partial charge in [-0.1, -0.05) is 0 Å². The molecule has 0 saturated carbocycles. The van der Waals surface area contributed by atoms with E-state index >= 15 is 0 Å². The summed E-state index contributed by atoms with van der Waals surface area (Å²) in [6.07, 6.45) is 1.75. The molecule has 9 heavy (non-hydrogen) atoms. The van der Waals surface area contributed by atoms with Crippen LogP contribution < -0.4 is 3.53 Å². The van der Waals surface area contributed by atoms with E-state index in [0.29, 0.717) is 0 Å². The number of pyridine rings is 1. The molecular weight excluding hydrogens is 295 g/mol. The van der Waals surface area contributed by atoms with Crippen molar-refractivity contribution >= 4 is 44.6 Å². The topological polar surface area (TPSA) is 24.9 Å². The minimum Gasteiger partial charge on any atom is -0.313 e. The van der Waals surface area contributed by atoms with E-state index in [1.807, 2.05) is 35.0 Å². The summed E-state index contributed by atoms with van der Waals surface area (Å²) < 4.78 is 3.89. The summed E-state index contributed by atoms with van der Waals surface area (Å²) >= 11 is 5.32. The molecular formula is C5H4BrIN2. The Morgan fingerprint density at radius 2 is 2.33 bits per heavy atom. The van der Waals surface area contributed by atoms with Gasteiger partial charge in [0.15, 0.2) is 0 Å². The predicted octanol–water partition coefficient (Wildman–Crippen LogP) is 2.61. The summed E-state index contributed by atoms with van der Waals surface area (Å²) in [5.41, 5.74) is 0. The van der Waals surface area contributed by atoms with Gasteiger partial charge in [0.05, 0.1) is 22.9 Å². The van der Waals surface area contributed by atoms with Crippen LogP contribution >= 0.6 is 38.8 Å². The fourth-order valence-corrected chi connectivity index (χ4v) is 0.985. The Hall–Kier alpha value is 0.160. The van der Waals surface area contributed by atoms with Gasteiger partial charge in [-0.05, 0) is 28.1 Å². The highest BCUT2D eigenvalue weighted by atomic mass is 127. The average Bonchev–Trinajstić information content (AvgIpc) is 1.90. The summed E-state index contributed by atoms with van der Waals surface area (Å²) in [7, 11) is 0. The summed E-state index contributed by atoms with van der Waals surface area (Å²) in [5.74, 6) is 0.874. The van der Waals surface area contributed by atoms with Gasteiger partial charge < -0.3 is 3.53 Å². The van der Waals surface area contributed by atoms with Gasteiger partial charge in [0, 0.05) is 10.7 Å². The number of anilines is 1. The lowest BCUT2D eigenvalue weighted by Crippen LogP contribution is -1.81. The van der Waals surface area contributed by atoms with Crippen LogP contribution in [0, 0.1) is 0 Å². The number of halogens is 2. The van der Waals surface area contributed by atoms with E-state index in [1.54, 1.807) is 6.20 Å². The zero-order valence-corrected chi connectivity index (χ0v) is 8.18. The Morgan fingerprint density at radius 1 is 1.56 bits per heavy atom. The van der Waals surface area contributed by atoms with Crippen molar-refractivity contribution in [2.45, 2.75) is 0 Å². The molecule has 0 radical (unpaired) electrons. The monoisotopic (exact) mass is 298 g/mol. The highest BCUT2D eigenvalue weighted by molar-refractivity contribution is 14.1. The van der Waals surface area contributed by atoms with Gasteiger partial charge >= 0.3 is 0 Å².